The summed E-state index contributed by atoms with van der Waals surface area (Å²) in [5.41, 5.74) is 0. The van der Waals surface area contributed by atoms with Crippen LogP contribution in [-0.2, 0) is 16.4 Å². The van der Waals surface area contributed by atoms with E-state index in [-0.39, 0.29) is 17.3 Å². The van der Waals surface area contributed by atoms with Crippen molar-refractivity contribution in [3.8, 4) is 0 Å². The summed E-state index contributed by atoms with van der Waals surface area (Å²) in [6.45, 7) is -0.378. The maximum Gasteiger partial charge on any atom is 0.320 e. The molecule has 0 saturated heterocycles. The molecule has 16 heavy (non-hydrogen) atoms. The largest absolute Gasteiger partial charge is 0.430 e. The summed E-state index contributed by atoms with van der Waals surface area (Å²) in [5, 5.41) is 8.36. The van der Waals surface area contributed by atoms with Crippen LogP contribution in [0.15, 0.2) is 51.1 Å². The number of oxazole rings is 1. The number of aliphatic hydroxyl groups excluding tert-OH is 1. The van der Waals surface area contributed by atoms with E-state index in [9.17, 15) is 8.42 Å². The third-order valence-electron chi connectivity index (χ3n) is 1.97. The van der Waals surface area contributed by atoms with Crippen LogP contribution >= 0.6 is 0 Å². The Kier molecular flexibility index (Phi) is 2.76. The molecule has 0 aliphatic heterocycles. The lowest BCUT2D eigenvalue weighted by molar-refractivity contribution is 0.235. The molecule has 0 atom stereocenters. The molecule has 0 bridgehead atoms. The topological polar surface area (TPSA) is 80.4 Å². The van der Waals surface area contributed by atoms with Gasteiger partial charge in [0.15, 0.2) is 5.76 Å². The lowest BCUT2D eigenvalue weighted by atomic mass is 10.4. The molecule has 0 aliphatic carbocycles. The zero-order valence-electron chi connectivity index (χ0n) is 8.20. The number of aliphatic hydroxyl groups is 1. The molecule has 0 radical (unpaired) electrons. The fraction of sp³-hybridized carbons (Fsp3) is 0.100. The maximum absolute atomic E-state index is 11.9. The van der Waals surface area contributed by atoms with Crippen LogP contribution < -0.4 is 0 Å². The molecule has 84 valence electrons. The predicted octanol–water partition coefficient (Wildman–Crippen LogP) is 1.000. The van der Waals surface area contributed by atoms with E-state index < -0.39 is 15.1 Å². The second-order valence-electron chi connectivity index (χ2n) is 3.07. The summed E-state index contributed by atoms with van der Waals surface area (Å²) in [6.07, 6.45) is 1.19. The summed E-state index contributed by atoms with van der Waals surface area (Å²) in [4.78, 5) is 3.73. The molecule has 0 unspecified atom stereocenters. The van der Waals surface area contributed by atoms with Crippen molar-refractivity contribution in [3.63, 3.8) is 0 Å². The SMILES string of the molecule is O=S(=O)(c1ccccc1)c1ncc(CO)o1. The Morgan fingerprint density at radius 3 is 2.50 bits per heavy atom. The van der Waals surface area contributed by atoms with Gasteiger partial charge in [-0.25, -0.2) is 13.4 Å². The van der Waals surface area contributed by atoms with Gasteiger partial charge in [-0.3, -0.25) is 0 Å². The van der Waals surface area contributed by atoms with Gasteiger partial charge in [-0.1, -0.05) is 18.2 Å². The molecule has 0 aliphatic rings. The fourth-order valence-corrected chi connectivity index (χ4v) is 2.31. The molecule has 2 aromatic rings. The van der Waals surface area contributed by atoms with Crippen LogP contribution in [0.4, 0.5) is 0 Å². The molecule has 5 nitrogen and oxygen atoms in total. The Morgan fingerprint density at radius 1 is 1.25 bits per heavy atom. The number of nitrogens with zero attached hydrogens (tertiary/aromatic N) is 1. The van der Waals surface area contributed by atoms with E-state index in [1.165, 1.54) is 18.3 Å². The smallest absolute Gasteiger partial charge is 0.320 e. The minimum absolute atomic E-state index is 0.112. The van der Waals surface area contributed by atoms with E-state index >= 15 is 0 Å². The van der Waals surface area contributed by atoms with Crippen molar-refractivity contribution in [2.75, 3.05) is 0 Å². The normalized spacial score (nSPS) is 11.6. The van der Waals surface area contributed by atoms with E-state index in [4.69, 9.17) is 9.52 Å². The van der Waals surface area contributed by atoms with Crippen molar-refractivity contribution in [1.29, 1.82) is 0 Å². The van der Waals surface area contributed by atoms with Gasteiger partial charge < -0.3 is 9.52 Å². The van der Waals surface area contributed by atoms with Crippen molar-refractivity contribution in [1.82, 2.24) is 4.98 Å². The summed E-state index contributed by atoms with van der Waals surface area (Å²) >= 11 is 0. The molecular weight excluding hydrogens is 230 g/mol. The second-order valence-corrected chi connectivity index (χ2v) is 4.89. The summed E-state index contributed by atoms with van der Waals surface area (Å²) in [6, 6.07) is 7.86. The van der Waals surface area contributed by atoms with Gasteiger partial charge in [0.25, 0.3) is 9.84 Å². The lowest BCUT2D eigenvalue weighted by Gasteiger charge is -1.98. The Labute approximate surface area is 92.3 Å². The number of sulfone groups is 1. The lowest BCUT2D eigenvalue weighted by Crippen LogP contribution is -2.01. The first-order valence-electron chi connectivity index (χ1n) is 4.50. The number of aromatic nitrogens is 1. The van der Waals surface area contributed by atoms with Crippen LogP contribution in [0.5, 0.6) is 0 Å². The van der Waals surface area contributed by atoms with Gasteiger partial charge in [-0.2, -0.15) is 0 Å². The molecule has 1 N–H and O–H groups in total. The number of hydrogen-bond donors (Lipinski definition) is 1. The highest BCUT2D eigenvalue weighted by Crippen LogP contribution is 2.19. The van der Waals surface area contributed by atoms with Gasteiger partial charge in [0.2, 0.25) is 0 Å². The minimum Gasteiger partial charge on any atom is -0.430 e. The highest BCUT2D eigenvalue weighted by Gasteiger charge is 2.23. The molecule has 6 heteroatoms. The Bertz CT molecular complexity index is 574. The second kappa shape index (κ2) is 4.07. The minimum atomic E-state index is -3.72. The zero-order chi connectivity index (χ0) is 11.6. The fourth-order valence-electron chi connectivity index (χ4n) is 1.19. The molecule has 1 aromatic heterocycles. The van der Waals surface area contributed by atoms with E-state index in [1.54, 1.807) is 18.2 Å². The van der Waals surface area contributed by atoms with Crippen molar-refractivity contribution in [2.45, 2.75) is 16.7 Å². The number of hydrogen-bond acceptors (Lipinski definition) is 5. The summed E-state index contributed by atoms with van der Waals surface area (Å²) in [7, 11) is -3.72. The molecule has 0 amide bonds. The van der Waals surface area contributed by atoms with E-state index in [1.807, 2.05) is 0 Å². The van der Waals surface area contributed by atoms with Crippen LogP contribution in [0.2, 0.25) is 0 Å². The number of rotatable bonds is 3. The average Bonchev–Trinajstić information content (AvgIpc) is 2.79. The van der Waals surface area contributed by atoms with E-state index in [0.29, 0.717) is 0 Å². The standard InChI is InChI=1S/C10H9NO4S/c12-7-8-6-11-10(15-8)16(13,14)9-4-2-1-3-5-9/h1-6,12H,7H2. The van der Waals surface area contributed by atoms with Gasteiger partial charge in [-0.05, 0) is 12.1 Å². The average molecular weight is 239 g/mol. The van der Waals surface area contributed by atoms with Crippen molar-refractivity contribution in [3.05, 3.63) is 42.3 Å². The predicted molar refractivity (Wildman–Crippen MR) is 54.3 cm³/mol. The molecule has 0 fully saturated rings. The molecule has 2 rings (SSSR count). The van der Waals surface area contributed by atoms with Gasteiger partial charge in [-0.15, -0.1) is 0 Å². The van der Waals surface area contributed by atoms with Crippen LogP contribution in [0.25, 0.3) is 0 Å². The van der Waals surface area contributed by atoms with Gasteiger partial charge in [0.1, 0.15) is 6.61 Å². The molecule has 1 aromatic carbocycles. The van der Waals surface area contributed by atoms with Crippen LogP contribution in [0.3, 0.4) is 0 Å². The van der Waals surface area contributed by atoms with Gasteiger partial charge in [0.05, 0.1) is 11.1 Å². The maximum atomic E-state index is 11.9. The summed E-state index contributed by atoms with van der Waals surface area (Å²) < 4.78 is 28.8. The molecule has 0 saturated carbocycles. The van der Waals surface area contributed by atoms with E-state index in [2.05, 4.69) is 4.98 Å². The van der Waals surface area contributed by atoms with Crippen LogP contribution in [0, 0.1) is 0 Å². The zero-order valence-corrected chi connectivity index (χ0v) is 9.02. The third-order valence-corrected chi connectivity index (χ3v) is 3.51. The monoisotopic (exact) mass is 239 g/mol. The van der Waals surface area contributed by atoms with Gasteiger partial charge >= 0.3 is 5.22 Å². The molecule has 1 heterocycles. The first kappa shape index (κ1) is 10.8. The van der Waals surface area contributed by atoms with Crippen molar-refractivity contribution < 1.29 is 17.9 Å². The highest BCUT2D eigenvalue weighted by molar-refractivity contribution is 7.91. The quantitative estimate of drug-likeness (QED) is 0.864. The van der Waals surface area contributed by atoms with Crippen molar-refractivity contribution in [2.24, 2.45) is 0 Å². The van der Waals surface area contributed by atoms with Crippen molar-refractivity contribution >= 4 is 9.84 Å². The van der Waals surface area contributed by atoms with Crippen LogP contribution in [-0.4, -0.2) is 18.5 Å². The first-order valence-corrected chi connectivity index (χ1v) is 5.98. The Morgan fingerprint density at radius 2 is 1.94 bits per heavy atom. The number of benzene rings is 1. The summed E-state index contributed by atoms with van der Waals surface area (Å²) in [5.74, 6) is 0.120. The van der Waals surface area contributed by atoms with Gasteiger partial charge in [0, 0.05) is 0 Å². The Balaban J connectivity index is 2.47. The van der Waals surface area contributed by atoms with Crippen LogP contribution in [0.1, 0.15) is 5.76 Å². The highest BCUT2D eigenvalue weighted by atomic mass is 32.2. The molecular formula is C10H9NO4S. The first-order chi connectivity index (χ1) is 7.64. The third kappa shape index (κ3) is 1.84. The van der Waals surface area contributed by atoms with E-state index in [0.717, 1.165) is 0 Å². The molecule has 0 spiro atoms. The Hall–Kier alpha value is -1.66.